The monoisotopic (exact) mass is 460 g/mol. The minimum Gasteiger partial charge on any atom is -0.376 e. The van der Waals surface area contributed by atoms with Crippen LogP contribution in [-0.4, -0.2) is 48.0 Å². The second kappa shape index (κ2) is 23.2. The Hall–Kier alpha value is 0.0169. The van der Waals surface area contributed by atoms with Crippen molar-refractivity contribution in [3.8, 4) is 0 Å². The maximum Gasteiger partial charge on any atom is 0.484 e. The van der Waals surface area contributed by atoms with Gasteiger partial charge in [0.15, 0.2) is 0 Å². The Morgan fingerprint density at radius 3 is 1.58 bits per heavy atom. The highest BCUT2D eigenvalue weighted by atomic mass is 28.3. The van der Waals surface area contributed by atoms with Crippen molar-refractivity contribution in [3.05, 3.63) is 0 Å². The van der Waals surface area contributed by atoms with Gasteiger partial charge >= 0.3 is 9.53 Å². The Balaban J connectivity index is 0.000000581. The lowest BCUT2D eigenvalue weighted by molar-refractivity contribution is 0.0899. The molecule has 3 N–H and O–H groups in total. The molecule has 1 saturated heterocycles. The summed E-state index contributed by atoms with van der Waals surface area (Å²) >= 11 is 0. The Kier molecular flexibility index (Phi) is 23.2. The van der Waals surface area contributed by atoms with Crippen LogP contribution in [0, 0.1) is 5.92 Å². The maximum absolute atomic E-state index is 5.92. The van der Waals surface area contributed by atoms with Crippen molar-refractivity contribution in [2.45, 2.75) is 130 Å². The first-order chi connectivity index (χ1) is 15.1. The summed E-state index contributed by atoms with van der Waals surface area (Å²) in [7, 11) is -1.83. The lowest BCUT2D eigenvalue weighted by Gasteiger charge is -2.40. The molecule has 6 heteroatoms. The fourth-order valence-corrected chi connectivity index (χ4v) is 4.92. The van der Waals surface area contributed by atoms with Crippen LogP contribution in [0.25, 0.3) is 0 Å². The largest absolute Gasteiger partial charge is 0.484 e. The summed E-state index contributed by atoms with van der Waals surface area (Å²) in [6.07, 6.45) is 16.5. The molecule has 1 fully saturated rings. The van der Waals surface area contributed by atoms with Crippen molar-refractivity contribution in [1.29, 1.82) is 0 Å². The number of rotatable bonds is 20. The molecule has 31 heavy (non-hydrogen) atoms. The standard InChI is InChI=1S/C13H28N2.C12H28O3Si/c1-3-4-5-6-7-8-9-13-12(10-15-13)11(2)14;1-4-7-10-13-16(14-11-8-5-2)15-12-9-6-3/h11-13,15H,3-10,14H2,1-2H3;16H,4-12H2,1-3H3. The molecule has 0 spiro atoms. The fraction of sp³-hybridized carbons (Fsp3) is 1.00. The predicted octanol–water partition coefficient (Wildman–Crippen LogP) is 5.83. The minimum atomic E-state index is -1.83. The number of nitrogens with one attached hydrogen (secondary N) is 1. The van der Waals surface area contributed by atoms with Crippen LogP contribution in [0.4, 0.5) is 0 Å². The summed E-state index contributed by atoms with van der Waals surface area (Å²) < 4.78 is 17.0. The maximum atomic E-state index is 5.92. The van der Waals surface area contributed by atoms with E-state index in [1.165, 1.54) is 44.9 Å². The van der Waals surface area contributed by atoms with Gasteiger partial charge in [-0.1, -0.05) is 85.5 Å². The van der Waals surface area contributed by atoms with E-state index in [9.17, 15) is 0 Å². The first-order valence-electron chi connectivity index (χ1n) is 13.4. The molecule has 0 aromatic rings. The van der Waals surface area contributed by atoms with Gasteiger partial charge in [0.2, 0.25) is 0 Å². The van der Waals surface area contributed by atoms with Gasteiger partial charge in [0.25, 0.3) is 0 Å². The van der Waals surface area contributed by atoms with Crippen molar-refractivity contribution in [3.63, 3.8) is 0 Å². The van der Waals surface area contributed by atoms with E-state index in [0.29, 0.717) is 6.04 Å². The van der Waals surface area contributed by atoms with E-state index in [1.54, 1.807) is 0 Å². The van der Waals surface area contributed by atoms with E-state index in [4.69, 9.17) is 19.0 Å². The highest BCUT2D eigenvalue weighted by Crippen LogP contribution is 2.21. The normalized spacial score (nSPS) is 19.1. The zero-order valence-corrected chi connectivity index (χ0v) is 22.8. The molecular weight excluding hydrogens is 404 g/mol. The van der Waals surface area contributed by atoms with Gasteiger partial charge in [-0.3, -0.25) is 0 Å². The van der Waals surface area contributed by atoms with Crippen LogP contribution >= 0.6 is 0 Å². The molecule has 1 heterocycles. The number of hydrogen-bond acceptors (Lipinski definition) is 5. The molecule has 0 aliphatic carbocycles. The molecule has 1 aliphatic heterocycles. The summed E-state index contributed by atoms with van der Waals surface area (Å²) in [5, 5.41) is 3.50. The topological polar surface area (TPSA) is 65.7 Å². The SMILES string of the molecule is CCCCCCCCC1NCC1C(C)N.CCCCO[SiH](OCCCC)OCCCC. The van der Waals surface area contributed by atoms with Gasteiger partial charge in [0.1, 0.15) is 0 Å². The zero-order valence-electron chi connectivity index (χ0n) is 21.6. The summed E-state index contributed by atoms with van der Waals surface area (Å²) in [6.45, 7) is 14.4. The van der Waals surface area contributed by atoms with Crippen molar-refractivity contribution in [2.75, 3.05) is 26.4 Å². The third-order valence-electron chi connectivity index (χ3n) is 5.93. The second-order valence-corrected chi connectivity index (χ2v) is 10.6. The summed E-state index contributed by atoms with van der Waals surface area (Å²) in [4.78, 5) is 0. The first-order valence-corrected chi connectivity index (χ1v) is 14.9. The van der Waals surface area contributed by atoms with Gasteiger partial charge in [-0.25, -0.2) is 0 Å². The smallest absolute Gasteiger partial charge is 0.376 e. The van der Waals surface area contributed by atoms with Crippen molar-refractivity contribution >= 4 is 9.53 Å². The Labute approximate surface area is 196 Å². The van der Waals surface area contributed by atoms with Crippen molar-refractivity contribution in [2.24, 2.45) is 11.7 Å². The van der Waals surface area contributed by atoms with Crippen molar-refractivity contribution < 1.29 is 13.3 Å². The van der Waals surface area contributed by atoms with Crippen LogP contribution in [0.1, 0.15) is 118 Å². The highest BCUT2D eigenvalue weighted by molar-refractivity contribution is 6.36. The third-order valence-corrected chi connectivity index (χ3v) is 7.46. The van der Waals surface area contributed by atoms with Crippen LogP contribution in [-0.2, 0) is 13.3 Å². The summed E-state index contributed by atoms with van der Waals surface area (Å²) in [6, 6.07) is 1.09. The predicted molar refractivity (Wildman–Crippen MR) is 137 cm³/mol. The molecule has 1 rings (SSSR count). The molecular formula is C25H56N2O3Si. The van der Waals surface area contributed by atoms with Gasteiger partial charge in [0.05, 0.1) is 0 Å². The van der Waals surface area contributed by atoms with Gasteiger partial charge in [-0.15, -0.1) is 0 Å². The lowest BCUT2D eigenvalue weighted by Crippen LogP contribution is -2.58. The number of unbranched alkanes of at least 4 members (excludes halogenated alkanes) is 8. The molecule has 0 amide bonds. The molecule has 0 saturated carbocycles. The quantitative estimate of drug-likeness (QED) is 0.177. The van der Waals surface area contributed by atoms with E-state index >= 15 is 0 Å². The third kappa shape index (κ3) is 18.2. The number of hydrogen-bond donors (Lipinski definition) is 2. The van der Waals surface area contributed by atoms with E-state index in [2.05, 4.69) is 39.9 Å². The average Bonchev–Trinajstić information content (AvgIpc) is 2.72. The van der Waals surface area contributed by atoms with E-state index in [-0.39, 0.29) is 0 Å². The highest BCUT2D eigenvalue weighted by Gasteiger charge is 2.31. The molecule has 1 aliphatic rings. The van der Waals surface area contributed by atoms with Crippen LogP contribution in [0.3, 0.4) is 0 Å². The molecule has 3 unspecified atom stereocenters. The second-order valence-electron chi connectivity index (χ2n) is 9.06. The summed E-state index contributed by atoms with van der Waals surface area (Å²) in [5.74, 6) is 0.737. The fourth-order valence-electron chi connectivity index (χ4n) is 3.55. The Bertz CT molecular complexity index is 338. The summed E-state index contributed by atoms with van der Waals surface area (Å²) in [5.41, 5.74) is 5.92. The van der Waals surface area contributed by atoms with Crippen LogP contribution in [0.2, 0.25) is 0 Å². The molecule has 5 nitrogen and oxygen atoms in total. The van der Waals surface area contributed by atoms with Gasteiger partial charge in [0, 0.05) is 44.4 Å². The molecule has 0 bridgehead atoms. The Morgan fingerprint density at radius 2 is 1.19 bits per heavy atom. The lowest BCUT2D eigenvalue weighted by atomic mass is 9.83. The molecule has 3 atom stereocenters. The van der Waals surface area contributed by atoms with Crippen LogP contribution in [0.15, 0.2) is 0 Å². The number of nitrogens with two attached hydrogens (primary N) is 1. The van der Waals surface area contributed by atoms with E-state index < -0.39 is 9.53 Å². The van der Waals surface area contributed by atoms with Crippen molar-refractivity contribution in [1.82, 2.24) is 5.32 Å². The Morgan fingerprint density at radius 1 is 0.742 bits per heavy atom. The van der Waals surface area contributed by atoms with E-state index in [1.807, 2.05) is 0 Å². The molecule has 0 aromatic heterocycles. The van der Waals surface area contributed by atoms with Gasteiger partial charge < -0.3 is 24.3 Å². The average molecular weight is 461 g/mol. The van der Waals surface area contributed by atoms with Gasteiger partial charge in [-0.05, 0) is 32.6 Å². The zero-order chi connectivity index (χ0) is 23.2. The minimum absolute atomic E-state index is 0.372. The molecule has 0 radical (unpaired) electrons. The molecule has 0 aromatic carbocycles. The van der Waals surface area contributed by atoms with Gasteiger partial charge in [-0.2, -0.15) is 0 Å². The molecule has 188 valence electrons. The van der Waals surface area contributed by atoms with Crippen LogP contribution in [0.5, 0.6) is 0 Å². The van der Waals surface area contributed by atoms with Crippen LogP contribution < -0.4 is 11.1 Å². The first kappa shape index (κ1) is 31.0. The van der Waals surface area contributed by atoms with E-state index in [0.717, 1.165) is 76.9 Å².